The van der Waals surface area contributed by atoms with Gasteiger partial charge in [0.25, 0.3) is 5.91 Å². The molecule has 1 aliphatic rings. The number of nitrogens with zero attached hydrogens (tertiary/aromatic N) is 4. The first-order valence-electron chi connectivity index (χ1n) is 6.88. The Hall–Kier alpha value is -1.83. The lowest BCUT2D eigenvalue weighted by atomic mass is 10.2. The van der Waals surface area contributed by atoms with Crippen molar-refractivity contribution < 1.29 is 4.79 Å². The number of carbonyl (C=O) groups excluding carboxylic acids is 1. The van der Waals surface area contributed by atoms with E-state index in [1.165, 1.54) is 0 Å². The molecule has 0 radical (unpaired) electrons. The minimum Gasteiger partial charge on any atom is -0.321 e. The Morgan fingerprint density at radius 3 is 2.79 bits per heavy atom. The molecule has 0 N–H and O–H groups in total. The van der Waals surface area contributed by atoms with Crippen LogP contribution in [0.2, 0.25) is 0 Å². The smallest absolute Gasteiger partial charge is 0.273 e. The minimum atomic E-state index is -0.0665. The van der Waals surface area contributed by atoms with Crippen LogP contribution in [-0.2, 0) is 13.5 Å². The molecule has 0 spiro atoms. The summed E-state index contributed by atoms with van der Waals surface area (Å²) >= 11 is 0. The van der Waals surface area contributed by atoms with Crippen molar-refractivity contribution in [3.05, 3.63) is 17.5 Å². The Labute approximate surface area is 113 Å². The molecule has 1 heterocycles. The molecule has 5 heteroatoms. The molecule has 1 saturated carbocycles. The standard InChI is InChI=1S/C14H20N4O/c1-3-11-10-13(17(2)16-11)14(19)18(9-8-15)12-6-4-5-7-12/h10,12H,3-7,9H2,1-2H3. The van der Waals surface area contributed by atoms with E-state index in [1.54, 1.807) is 16.6 Å². The third-order valence-corrected chi connectivity index (χ3v) is 3.78. The number of hydrogen-bond donors (Lipinski definition) is 0. The van der Waals surface area contributed by atoms with E-state index in [1.807, 2.05) is 13.0 Å². The average molecular weight is 260 g/mol. The number of hydrogen-bond acceptors (Lipinski definition) is 3. The second-order valence-corrected chi connectivity index (χ2v) is 5.03. The molecule has 0 atom stereocenters. The van der Waals surface area contributed by atoms with Crippen LogP contribution in [0.1, 0.15) is 48.8 Å². The van der Waals surface area contributed by atoms with Crippen LogP contribution in [0.15, 0.2) is 6.07 Å². The quantitative estimate of drug-likeness (QED) is 0.777. The lowest BCUT2D eigenvalue weighted by Crippen LogP contribution is -2.40. The van der Waals surface area contributed by atoms with Crippen molar-refractivity contribution in [2.75, 3.05) is 6.54 Å². The van der Waals surface area contributed by atoms with Crippen LogP contribution in [0.3, 0.4) is 0 Å². The third kappa shape index (κ3) is 2.78. The summed E-state index contributed by atoms with van der Waals surface area (Å²) in [5, 5.41) is 13.3. The first-order valence-corrected chi connectivity index (χ1v) is 6.88. The lowest BCUT2D eigenvalue weighted by Gasteiger charge is -2.26. The molecule has 1 fully saturated rings. The van der Waals surface area contributed by atoms with Crippen LogP contribution >= 0.6 is 0 Å². The Kier molecular flexibility index (Phi) is 4.20. The van der Waals surface area contributed by atoms with E-state index in [4.69, 9.17) is 5.26 Å². The number of rotatable bonds is 4. The number of aryl methyl sites for hydroxylation is 2. The molecular weight excluding hydrogens is 240 g/mol. The Morgan fingerprint density at radius 1 is 1.58 bits per heavy atom. The summed E-state index contributed by atoms with van der Waals surface area (Å²) in [5.41, 5.74) is 1.49. The number of aromatic nitrogens is 2. The molecule has 0 bridgehead atoms. The topological polar surface area (TPSA) is 61.9 Å². The molecule has 1 aromatic heterocycles. The molecule has 0 unspecified atom stereocenters. The van der Waals surface area contributed by atoms with E-state index >= 15 is 0 Å². The normalized spacial score (nSPS) is 15.4. The van der Waals surface area contributed by atoms with Crippen molar-refractivity contribution in [1.82, 2.24) is 14.7 Å². The zero-order chi connectivity index (χ0) is 13.8. The minimum absolute atomic E-state index is 0.0665. The van der Waals surface area contributed by atoms with E-state index in [-0.39, 0.29) is 18.5 Å². The number of carbonyl (C=O) groups is 1. The van der Waals surface area contributed by atoms with Gasteiger partial charge in [-0.05, 0) is 25.3 Å². The molecular formula is C14H20N4O. The molecule has 19 heavy (non-hydrogen) atoms. The summed E-state index contributed by atoms with van der Waals surface area (Å²) in [5.74, 6) is -0.0665. The zero-order valence-electron chi connectivity index (χ0n) is 11.6. The molecule has 1 aliphatic carbocycles. The lowest BCUT2D eigenvalue weighted by molar-refractivity contribution is 0.0698. The maximum absolute atomic E-state index is 12.6. The maximum Gasteiger partial charge on any atom is 0.273 e. The average Bonchev–Trinajstić information content (AvgIpc) is 3.04. The molecule has 0 aromatic carbocycles. The Balaban J connectivity index is 2.23. The van der Waals surface area contributed by atoms with Gasteiger partial charge in [0.1, 0.15) is 12.2 Å². The van der Waals surface area contributed by atoms with Crippen LogP contribution in [0.25, 0.3) is 0 Å². The van der Waals surface area contributed by atoms with Gasteiger partial charge >= 0.3 is 0 Å². The Morgan fingerprint density at radius 2 is 2.26 bits per heavy atom. The fourth-order valence-electron chi connectivity index (χ4n) is 2.71. The molecule has 5 nitrogen and oxygen atoms in total. The predicted octanol–water partition coefficient (Wildman–Crippen LogP) is 1.89. The van der Waals surface area contributed by atoms with E-state index in [9.17, 15) is 4.79 Å². The zero-order valence-corrected chi connectivity index (χ0v) is 11.6. The molecule has 2 rings (SSSR count). The summed E-state index contributed by atoms with van der Waals surface area (Å²) in [6.45, 7) is 2.18. The second kappa shape index (κ2) is 5.87. The first-order chi connectivity index (χ1) is 9.17. The number of amides is 1. The second-order valence-electron chi connectivity index (χ2n) is 5.03. The SMILES string of the molecule is CCc1cc(C(=O)N(CC#N)C2CCCC2)n(C)n1. The highest BCUT2D eigenvalue weighted by Gasteiger charge is 2.28. The van der Waals surface area contributed by atoms with Gasteiger partial charge in [-0.1, -0.05) is 19.8 Å². The van der Waals surface area contributed by atoms with Gasteiger partial charge in [0.05, 0.1) is 11.8 Å². The number of nitriles is 1. The van der Waals surface area contributed by atoms with Gasteiger partial charge in [-0.15, -0.1) is 0 Å². The predicted molar refractivity (Wildman–Crippen MR) is 71.5 cm³/mol. The van der Waals surface area contributed by atoms with Crippen LogP contribution in [0.4, 0.5) is 0 Å². The first kappa shape index (κ1) is 13.6. The van der Waals surface area contributed by atoms with Gasteiger partial charge < -0.3 is 4.90 Å². The van der Waals surface area contributed by atoms with Crippen molar-refractivity contribution >= 4 is 5.91 Å². The van der Waals surface area contributed by atoms with Crippen molar-refractivity contribution in [2.45, 2.75) is 45.1 Å². The van der Waals surface area contributed by atoms with Gasteiger partial charge in [-0.2, -0.15) is 10.4 Å². The van der Waals surface area contributed by atoms with E-state index in [0.717, 1.165) is 37.8 Å². The monoisotopic (exact) mass is 260 g/mol. The Bertz CT molecular complexity index is 494. The van der Waals surface area contributed by atoms with E-state index in [0.29, 0.717) is 5.69 Å². The van der Waals surface area contributed by atoms with Crippen molar-refractivity contribution in [3.8, 4) is 6.07 Å². The largest absolute Gasteiger partial charge is 0.321 e. The molecule has 0 aliphatic heterocycles. The van der Waals surface area contributed by atoms with Gasteiger partial charge in [0.15, 0.2) is 0 Å². The molecule has 1 aromatic rings. The van der Waals surface area contributed by atoms with Gasteiger partial charge in [0.2, 0.25) is 0 Å². The third-order valence-electron chi connectivity index (χ3n) is 3.78. The summed E-state index contributed by atoms with van der Waals surface area (Å²) < 4.78 is 1.63. The molecule has 102 valence electrons. The van der Waals surface area contributed by atoms with Crippen LogP contribution in [0.5, 0.6) is 0 Å². The van der Waals surface area contributed by atoms with Crippen LogP contribution < -0.4 is 0 Å². The summed E-state index contributed by atoms with van der Waals surface area (Å²) in [7, 11) is 1.78. The van der Waals surface area contributed by atoms with Crippen molar-refractivity contribution in [2.24, 2.45) is 7.05 Å². The van der Waals surface area contributed by atoms with E-state index in [2.05, 4.69) is 11.2 Å². The van der Waals surface area contributed by atoms with E-state index < -0.39 is 0 Å². The van der Waals surface area contributed by atoms with Gasteiger partial charge in [0, 0.05) is 13.1 Å². The van der Waals surface area contributed by atoms with Crippen molar-refractivity contribution in [1.29, 1.82) is 5.26 Å². The highest BCUT2D eigenvalue weighted by molar-refractivity contribution is 5.93. The summed E-state index contributed by atoms with van der Waals surface area (Å²) in [6.07, 6.45) is 5.11. The molecule has 0 saturated heterocycles. The van der Waals surface area contributed by atoms with Gasteiger partial charge in [-0.25, -0.2) is 0 Å². The van der Waals surface area contributed by atoms with Gasteiger partial charge in [-0.3, -0.25) is 9.48 Å². The molecule has 1 amide bonds. The van der Waals surface area contributed by atoms with Crippen LogP contribution in [0, 0.1) is 11.3 Å². The van der Waals surface area contributed by atoms with Crippen LogP contribution in [-0.4, -0.2) is 33.2 Å². The maximum atomic E-state index is 12.6. The fraction of sp³-hybridized carbons (Fsp3) is 0.643. The van der Waals surface area contributed by atoms with Crippen molar-refractivity contribution in [3.63, 3.8) is 0 Å². The highest BCUT2D eigenvalue weighted by Crippen LogP contribution is 2.24. The summed E-state index contributed by atoms with van der Waals surface area (Å²) in [4.78, 5) is 14.3. The summed E-state index contributed by atoms with van der Waals surface area (Å²) in [6, 6.07) is 4.16. The fourth-order valence-corrected chi connectivity index (χ4v) is 2.71. The highest BCUT2D eigenvalue weighted by atomic mass is 16.2.